The maximum Gasteiger partial charge on any atom is 0.436 e. The maximum atomic E-state index is 12.2. The fourth-order valence-corrected chi connectivity index (χ4v) is 1.90. The lowest BCUT2D eigenvalue weighted by Crippen LogP contribution is -2.06. The number of aromatic nitrogens is 2. The highest BCUT2D eigenvalue weighted by atomic mass is 79.9. The van der Waals surface area contributed by atoms with Gasteiger partial charge in [0.25, 0.3) is 0 Å². The van der Waals surface area contributed by atoms with Crippen LogP contribution in [0, 0.1) is 0 Å². The van der Waals surface area contributed by atoms with E-state index in [-0.39, 0.29) is 10.4 Å². The molecule has 1 N–H and O–H groups in total. The van der Waals surface area contributed by atoms with Gasteiger partial charge in [-0.25, -0.2) is 0 Å². The summed E-state index contributed by atoms with van der Waals surface area (Å²) in [5.41, 5.74) is -0.276. The van der Waals surface area contributed by atoms with Gasteiger partial charge in [0.1, 0.15) is 0 Å². The van der Waals surface area contributed by atoms with Crippen molar-refractivity contribution >= 4 is 15.9 Å². The molecule has 13 heavy (non-hydrogen) atoms. The van der Waals surface area contributed by atoms with Crippen LogP contribution >= 0.6 is 15.9 Å². The van der Waals surface area contributed by atoms with Gasteiger partial charge in [-0.3, -0.25) is 5.10 Å². The summed E-state index contributed by atoms with van der Waals surface area (Å²) in [5, 5.41) is 5.68. The van der Waals surface area contributed by atoms with E-state index >= 15 is 0 Å². The molecule has 0 spiro atoms. The van der Waals surface area contributed by atoms with Crippen LogP contribution in [0.3, 0.4) is 0 Å². The highest BCUT2D eigenvalue weighted by molar-refractivity contribution is 9.10. The van der Waals surface area contributed by atoms with Crippen molar-refractivity contribution in [1.82, 2.24) is 10.2 Å². The Bertz CT molecular complexity index is 327. The standard InChI is InChI=1S/C7H6BrF3N2/c8-4-5(3-1-2-3)12-13-6(4)7(9,10)11/h3H,1-2H2,(H,12,13). The third-order valence-corrected chi connectivity index (χ3v) is 2.79. The summed E-state index contributed by atoms with van der Waals surface area (Å²) in [6.45, 7) is 0. The topological polar surface area (TPSA) is 28.7 Å². The minimum Gasteiger partial charge on any atom is -0.281 e. The molecule has 2 rings (SSSR count). The van der Waals surface area contributed by atoms with Crippen LogP contribution in [-0.4, -0.2) is 10.2 Å². The number of alkyl halides is 3. The Morgan fingerprint density at radius 1 is 1.38 bits per heavy atom. The van der Waals surface area contributed by atoms with E-state index in [0.717, 1.165) is 12.8 Å². The second kappa shape index (κ2) is 2.73. The molecule has 0 amide bonds. The van der Waals surface area contributed by atoms with Gasteiger partial charge in [0.2, 0.25) is 0 Å². The van der Waals surface area contributed by atoms with E-state index < -0.39 is 11.9 Å². The van der Waals surface area contributed by atoms with Gasteiger partial charge in [0.05, 0.1) is 10.2 Å². The smallest absolute Gasteiger partial charge is 0.281 e. The number of halogens is 4. The van der Waals surface area contributed by atoms with Crippen LogP contribution in [0.1, 0.15) is 30.1 Å². The van der Waals surface area contributed by atoms with E-state index in [1.165, 1.54) is 0 Å². The van der Waals surface area contributed by atoms with Crippen molar-refractivity contribution in [2.45, 2.75) is 24.9 Å². The van der Waals surface area contributed by atoms with Crippen LogP contribution in [0.15, 0.2) is 4.47 Å². The van der Waals surface area contributed by atoms with Gasteiger partial charge in [-0.15, -0.1) is 0 Å². The predicted octanol–water partition coefficient (Wildman–Crippen LogP) is 3.07. The molecule has 1 aromatic heterocycles. The van der Waals surface area contributed by atoms with Crippen molar-refractivity contribution in [2.24, 2.45) is 0 Å². The van der Waals surface area contributed by atoms with Gasteiger partial charge >= 0.3 is 6.18 Å². The molecule has 0 atom stereocenters. The second-order valence-corrected chi connectivity index (χ2v) is 3.86. The monoisotopic (exact) mass is 254 g/mol. The molecule has 1 aliphatic rings. The first-order valence-electron chi connectivity index (χ1n) is 3.81. The molecule has 6 heteroatoms. The lowest BCUT2D eigenvalue weighted by molar-refractivity contribution is -0.141. The highest BCUT2D eigenvalue weighted by Gasteiger charge is 2.39. The van der Waals surface area contributed by atoms with Crippen LogP contribution in [0.25, 0.3) is 0 Å². The first-order chi connectivity index (χ1) is 6.00. The first-order valence-corrected chi connectivity index (χ1v) is 4.60. The number of hydrogen-bond donors (Lipinski definition) is 1. The molecule has 1 aliphatic carbocycles. The zero-order valence-corrected chi connectivity index (χ0v) is 8.04. The average Bonchev–Trinajstić information content (AvgIpc) is 2.73. The number of hydrogen-bond acceptors (Lipinski definition) is 1. The van der Waals surface area contributed by atoms with E-state index in [1.807, 2.05) is 0 Å². The highest BCUT2D eigenvalue weighted by Crippen LogP contribution is 2.45. The lowest BCUT2D eigenvalue weighted by atomic mass is 10.2. The SMILES string of the molecule is FC(F)(F)c1n[nH]c(C2CC2)c1Br. The fraction of sp³-hybridized carbons (Fsp3) is 0.571. The predicted molar refractivity (Wildman–Crippen MR) is 43.3 cm³/mol. The number of rotatable bonds is 1. The zero-order chi connectivity index (χ0) is 9.64. The van der Waals surface area contributed by atoms with Gasteiger partial charge in [-0.05, 0) is 28.8 Å². The van der Waals surface area contributed by atoms with E-state index in [9.17, 15) is 13.2 Å². The van der Waals surface area contributed by atoms with Crippen LogP contribution in [0.2, 0.25) is 0 Å². The number of H-pyrrole nitrogens is 1. The third-order valence-electron chi connectivity index (χ3n) is 1.99. The Kier molecular flexibility index (Phi) is 1.90. The molecular weight excluding hydrogens is 249 g/mol. The van der Waals surface area contributed by atoms with Crippen molar-refractivity contribution in [3.05, 3.63) is 15.9 Å². The van der Waals surface area contributed by atoms with Gasteiger partial charge in [-0.1, -0.05) is 0 Å². The summed E-state index contributed by atoms with van der Waals surface area (Å²) in [6, 6.07) is 0. The minimum absolute atomic E-state index is 0.0718. The summed E-state index contributed by atoms with van der Waals surface area (Å²) in [7, 11) is 0. The first kappa shape index (κ1) is 9.05. The minimum atomic E-state index is -4.37. The molecule has 1 saturated carbocycles. The molecule has 0 bridgehead atoms. The molecule has 0 radical (unpaired) electrons. The van der Waals surface area contributed by atoms with E-state index in [0.29, 0.717) is 5.69 Å². The molecule has 0 saturated heterocycles. The fourth-order valence-electron chi connectivity index (χ4n) is 1.17. The van der Waals surface area contributed by atoms with Crippen molar-refractivity contribution in [3.63, 3.8) is 0 Å². The van der Waals surface area contributed by atoms with Gasteiger partial charge in [0, 0.05) is 5.92 Å². The largest absolute Gasteiger partial charge is 0.436 e. The second-order valence-electron chi connectivity index (χ2n) is 3.07. The molecule has 1 fully saturated rings. The van der Waals surface area contributed by atoms with Crippen LogP contribution in [-0.2, 0) is 6.18 Å². The number of nitrogens with one attached hydrogen (secondary N) is 1. The Balaban J connectivity index is 2.38. The van der Waals surface area contributed by atoms with Crippen LogP contribution in [0.4, 0.5) is 13.2 Å². The van der Waals surface area contributed by atoms with E-state index in [1.54, 1.807) is 0 Å². The summed E-state index contributed by atoms with van der Waals surface area (Å²) in [4.78, 5) is 0. The van der Waals surface area contributed by atoms with Gasteiger partial charge in [-0.2, -0.15) is 18.3 Å². The number of aromatic amines is 1. The molecule has 0 unspecified atom stereocenters. The summed E-state index contributed by atoms with van der Waals surface area (Å²) < 4.78 is 36.8. The zero-order valence-electron chi connectivity index (χ0n) is 6.45. The average molecular weight is 255 g/mol. The molecular formula is C7H6BrF3N2. The molecule has 72 valence electrons. The van der Waals surface area contributed by atoms with Crippen LogP contribution in [0.5, 0.6) is 0 Å². The third kappa shape index (κ3) is 1.59. The van der Waals surface area contributed by atoms with Gasteiger partial charge < -0.3 is 0 Å². The van der Waals surface area contributed by atoms with Crippen molar-refractivity contribution in [1.29, 1.82) is 0 Å². The molecule has 1 heterocycles. The molecule has 2 nitrogen and oxygen atoms in total. The van der Waals surface area contributed by atoms with E-state index in [4.69, 9.17) is 0 Å². The Morgan fingerprint density at radius 3 is 2.38 bits per heavy atom. The van der Waals surface area contributed by atoms with Crippen molar-refractivity contribution in [3.8, 4) is 0 Å². The summed E-state index contributed by atoms with van der Waals surface area (Å²) in [6.07, 6.45) is -2.49. The summed E-state index contributed by atoms with van der Waals surface area (Å²) >= 11 is 2.91. The summed E-state index contributed by atoms with van der Waals surface area (Å²) in [5.74, 6) is 0.234. The van der Waals surface area contributed by atoms with Crippen molar-refractivity contribution < 1.29 is 13.2 Å². The van der Waals surface area contributed by atoms with Gasteiger partial charge in [0.15, 0.2) is 5.69 Å². The van der Waals surface area contributed by atoms with E-state index in [2.05, 4.69) is 26.1 Å². The Morgan fingerprint density at radius 2 is 2.00 bits per heavy atom. The maximum absolute atomic E-state index is 12.2. The Hall–Kier alpha value is -0.520. The number of nitrogens with zero attached hydrogens (tertiary/aromatic N) is 1. The quantitative estimate of drug-likeness (QED) is 0.820. The molecule has 1 aromatic rings. The van der Waals surface area contributed by atoms with Crippen molar-refractivity contribution in [2.75, 3.05) is 0 Å². The lowest BCUT2D eigenvalue weighted by Gasteiger charge is -2.01. The van der Waals surface area contributed by atoms with Crippen LogP contribution < -0.4 is 0 Å². The normalized spacial score (nSPS) is 17.8. The Labute approximate surface area is 80.6 Å². The molecule has 0 aromatic carbocycles. The molecule has 0 aliphatic heterocycles.